The molecule has 2 heterocycles. The second-order valence-corrected chi connectivity index (χ2v) is 9.33. The minimum absolute atomic E-state index is 0.0337. The van der Waals surface area contributed by atoms with Gasteiger partial charge in [0.1, 0.15) is 5.82 Å². The molecule has 1 aromatic carbocycles. The maximum absolute atomic E-state index is 11.7. The van der Waals surface area contributed by atoms with Crippen molar-refractivity contribution >= 4 is 33.2 Å². The summed E-state index contributed by atoms with van der Waals surface area (Å²) < 4.78 is 23.5. The number of sulfone groups is 1. The van der Waals surface area contributed by atoms with Crippen molar-refractivity contribution < 1.29 is 8.42 Å². The van der Waals surface area contributed by atoms with Crippen LogP contribution in [0.2, 0.25) is 5.02 Å². The first-order chi connectivity index (χ1) is 12.3. The Morgan fingerprint density at radius 3 is 2.81 bits per heavy atom. The molecule has 0 bridgehead atoms. The molecule has 0 radical (unpaired) electrons. The van der Waals surface area contributed by atoms with Crippen LogP contribution in [-0.4, -0.2) is 49.5 Å². The molecule has 26 heavy (non-hydrogen) atoms. The van der Waals surface area contributed by atoms with E-state index in [1.807, 2.05) is 49.2 Å². The fourth-order valence-corrected chi connectivity index (χ4v) is 5.08. The maximum Gasteiger partial charge on any atom is 0.224 e. The summed E-state index contributed by atoms with van der Waals surface area (Å²) >= 11 is 6.01. The molecule has 1 unspecified atom stereocenters. The molecule has 1 saturated heterocycles. The third kappa shape index (κ3) is 4.86. The molecule has 0 aliphatic carbocycles. The van der Waals surface area contributed by atoms with Crippen molar-refractivity contribution in [3.8, 4) is 0 Å². The molecule has 8 heteroatoms. The van der Waals surface area contributed by atoms with Crippen molar-refractivity contribution in [1.29, 1.82) is 0 Å². The molecule has 140 valence electrons. The zero-order valence-corrected chi connectivity index (χ0v) is 16.5. The Kier molecular flexibility index (Phi) is 5.67. The van der Waals surface area contributed by atoms with E-state index in [2.05, 4.69) is 15.3 Å². The molecule has 1 N–H and O–H groups in total. The van der Waals surface area contributed by atoms with E-state index in [0.29, 0.717) is 18.9 Å². The summed E-state index contributed by atoms with van der Waals surface area (Å²) in [6, 6.07) is 9.61. The smallest absolute Gasteiger partial charge is 0.224 e. The van der Waals surface area contributed by atoms with Gasteiger partial charge in [0, 0.05) is 36.4 Å². The summed E-state index contributed by atoms with van der Waals surface area (Å²) in [5.74, 6) is 1.72. The Morgan fingerprint density at radius 2 is 2.12 bits per heavy atom. The van der Waals surface area contributed by atoms with Crippen LogP contribution in [0, 0.1) is 6.92 Å². The Labute approximate surface area is 159 Å². The summed E-state index contributed by atoms with van der Waals surface area (Å²) in [6.45, 7) is 2.59. The van der Waals surface area contributed by atoms with Gasteiger partial charge in [-0.05, 0) is 37.5 Å². The first-order valence-corrected chi connectivity index (χ1v) is 10.8. The average Bonchev–Trinajstić information content (AvgIpc) is 2.94. The van der Waals surface area contributed by atoms with E-state index in [-0.39, 0.29) is 17.5 Å². The predicted molar refractivity (Wildman–Crippen MR) is 106 cm³/mol. The van der Waals surface area contributed by atoms with Gasteiger partial charge in [-0.15, -0.1) is 0 Å². The van der Waals surface area contributed by atoms with Crippen molar-refractivity contribution in [2.24, 2.45) is 0 Å². The highest BCUT2D eigenvalue weighted by Crippen LogP contribution is 2.22. The van der Waals surface area contributed by atoms with Crippen LogP contribution >= 0.6 is 11.6 Å². The van der Waals surface area contributed by atoms with Crippen LogP contribution in [0.3, 0.4) is 0 Å². The van der Waals surface area contributed by atoms with E-state index in [1.165, 1.54) is 0 Å². The molecule has 1 aliphatic heterocycles. The lowest BCUT2D eigenvalue weighted by Gasteiger charge is -2.25. The van der Waals surface area contributed by atoms with Gasteiger partial charge in [0.05, 0.1) is 11.5 Å². The number of nitrogens with one attached hydrogen (secondary N) is 1. The first-order valence-electron chi connectivity index (χ1n) is 8.60. The fraction of sp³-hybridized carbons (Fsp3) is 0.444. The number of hydrogen-bond acceptors (Lipinski definition) is 6. The van der Waals surface area contributed by atoms with Crippen LogP contribution < -0.4 is 10.2 Å². The Balaban J connectivity index is 1.65. The minimum Gasteiger partial charge on any atom is -0.355 e. The Bertz CT molecular complexity index is 889. The van der Waals surface area contributed by atoms with Gasteiger partial charge in [-0.1, -0.05) is 23.7 Å². The van der Waals surface area contributed by atoms with Gasteiger partial charge in [-0.2, -0.15) is 4.98 Å². The summed E-state index contributed by atoms with van der Waals surface area (Å²) in [6.07, 6.45) is 1.45. The van der Waals surface area contributed by atoms with Gasteiger partial charge in [0.25, 0.3) is 0 Å². The standard InChI is InChI=1S/C18H23ClN4O2S/c1-13-10-17(23(2)16-7-9-26(24,25)12-16)22-18(21-13)20-8-6-14-4-3-5-15(19)11-14/h3-5,10-11,16H,6-9,12H2,1-2H3,(H,20,21,22). The third-order valence-corrected chi connectivity index (χ3v) is 6.53. The Hall–Kier alpha value is -1.86. The topological polar surface area (TPSA) is 75.2 Å². The second kappa shape index (κ2) is 7.80. The van der Waals surface area contributed by atoms with Crippen molar-refractivity contribution in [1.82, 2.24) is 9.97 Å². The number of hydrogen-bond donors (Lipinski definition) is 1. The highest BCUT2D eigenvalue weighted by atomic mass is 35.5. The molecule has 1 aliphatic rings. The van der Waals surface area contributed by atoms with Crippen LogP contribution in [0.15, 0.2) is 30.3 Å². The molecule has 1 fully saturated rings. The number of anilines is 2. The molecule has 3 rings (SSSR count). The van der Waals surface area contributed by atoms with Crippen molar-refractivity contribution in [3.63, 3.8) is 0 Å². The van der Waals surface area contributed by atoms with Gasteiger partial charge in [-0.3, -0.25) is 0 Å². The SMILES string of the molecule is Cc1cc(N(C)C2CCS(=O)(=O)C2)nc(NCCc2cccc(Cl)c2)n1. The maximum atomic E-state index is 11.7. The van der Waals surface area contributed by atoms with Gasteiger partial charge >= 0.3 is 0 Å². The predicted octanol–water partition coefficient (Wildman–Crippen LogP) is 2.72. The summed E-state index contributed by atoms with van der Waals surface area (Å²) in [4.78, 5) is 10.9. The van der Waals surface area contributed by atoms with Crippen LogP contribution in [0.5, 0.6) is 0 Å². The number of nitrogens with zero attached hydrogens (tertiary/aromatic N) is 3. The van der Waals surface area contributed by atoms with Gasteiger partial charge < -0.3 is 10.2 Å². The zero-order valence-electron chi connectivity index (χ0n) is 14.9. The summed E-state index contributed by atoms with van der Waals surface area (Å²) in [5, 5.41) is 3.97. The number of aryl methyl sites for hydroxylation is 1. The normalized spacial score (nSPS) is 18.7. The molecule has 0 saturated carbocycles. The number of halogens is 1. The van der Waals surface area contributed by atoms with E-state index >= 15 is 0 Å². The highest BCUT2D eigenvalue weighted by molar-refractivity contribution is 7.91. The van der Waals surface area contributed by atoms with E-state index in [4.69, 9.17) is 11.6 Å². The van der Waals surface area contributed by atoms with E-state index in [1.54, 1.807) is 0 Å². The van der Waals surface area contributed by atoms with E-state index < -0.39 is 9.84 Å². The van der Waals surface area contributed by atoms with Crippen molar-refractivity contribution in [3.05, 3.63) is 46.6 Å². The number of aromatic nitrogens is 2. The molecule has 1 atom stereocenters. The lowest BCUT2D eigenvalue weighted by molar-refractivity contribution is 0.600. The first kappa shape index (κ1) is 18.9. The van der Waals surface area contributed by atoms with Gasteiger partial charge in [-0.25, -0.2) is 13.4 Å². The molecule has 6 nitrogen and oxygen atoms in total. The van der Waals surface area contributed by atoms with Crippen molar-refractivity contribution in [2.75, 3.05) is 35.3 Å². The molecule has 2 aromatic rings. The van der Waals surface area contributed by atoms with Crippen LogP contribution in [0.25, 0.3) is 0 Å². The van der Waals surface area contributed by atoms with Crippen LogP contribution in [0.1, 0.15) is 17.7 Å². The molecule has 1 aromatic heterocycles. The van der Waals surface area contributed by atoms with E-state index in [0.717, 1.165) is 28.5 Å². The minimum atomic E-state index is -2.93. The molecule has 0 spiro atoms. The average molecular weight is 395 g/mol. The summed E-state index contributed by atoms with van der Waals surface area (Å²) in [5.41, 5.74) is 1.99. The number of benzene rings is 1. The summed E-state index contributed by atoms with van der Waals surface area (Å²) in [7, 11) is -1.04. The monoisotopic (exact) mass is 394 g/mol. The highest BCUT2D eigenvalue weighted by Gasteiger charge is 2.31. The van der Waals surface area contributed by atoms with Crippen LogP contribution in [-0.2, 0) is 16.3 Å². The Morgan fingerprint density at radius 1 is 1.31 bits per heavy atom. The van der Waals surface area contributed by atoms with E-state index in [9.17, 15) is 8.42 Å². The zero-order chi connectivity index (χ0) is 18.7. The molecule has 0 amide bonds. The lowest BCUT2D eigenvalue weighted by atomic mass is 10.1. The van der Waals surface area contributed by atoms with Gasteiger partial charge in [0.2, 0.25) is 5.95 Å². The largest absolute Gasteiger partial charge is 0.355 e. The molecular weight excluding hydrogens is 372 g/mol. The quantitative estimate of drug-likeness (QED) is 0.811. The molecular formula is C18H23ClN4O2S. The fourth-order valence-electron chi connectivity index (χ4n) is 3.09. The second-order valence-electron chi connectivity index (χ2n) is 6.67. The van der Waals surface area contributed by atoms with Gasteiger partial charge in [0.15, 0.2) is 9.84 Å². The number of rotatable bonds is 6. The van der Waals surface area contributed by atoms with Crippen LogP contribution in [0.4, 0.5) is 11.8 Å². The third-order valence-electron chi connectivity index (χ3n) is 4.54. The lowest BCUT2D eigenvalue weighted by Crippen LogP contribution is -2.33. The van der Waals surface area contributed by atoms with Crippen molar-refractivity contribution in [2.45, 2.75) is 25.8 Å².